The van der Waals surface area contributed by atoms with Crippen LogP contribution in [0.1, 0.15) is 72.1 Å². The van der Waals surface area contributed by atoms with Gasteiger partial charge in [0.05, 0.1) is 16.1 Å². The van der Waals surface area contributed by atoms with Crippen molar-refractivity contribution in [3.8, 4) is 5.75 Å². The van der Waals surface area contributed by atoms with E-state index in [9.17, 15) is 24.3 Å². The third-order valence-corrected chi connectivity index (χ3v) is 9.97. The summed E-state index contributed by atoms with van der Waals surface area (Å²) < 4.78 is 12.0. The van der Waals surface area contributed by atoms with E-state index in [1.165, 1.54) is 17.0 Å². The highest BCUT2D eigenvalue weighted by molar-refractivity contribution is 6.37. The smallest absolute Gasteiger partial charge is 0.329 e. The molecule has 3 N–H and O–H groups in total. The van der Waals surface area contributed by atoms with Crippen LogP contribution in [-0.4, -0.2) is 72.1 Å². The van der Waals surface area contributed by atoms with Gasteiger partial charge in [-0.15, -0.1) is 0 Å². The highest BCUT2D eigenvalue weighted by Gasteiger charge is 2.36. The minimum absolute atomic E-state index is 0.0329. The van der Waals surface area contributed by atoms with Crippen molar-refractivity contribution in [2.24, 2.45) is 17.8 Å². The second kappa shape index (κ2) is 19.8. The Kier molecular flexibility index (Phi) is 16.2. The summed E-state index contributed by atoms with van der Waals surface area (Å²) in [5, 5.41) is 15.8. The Morgan fingerprint density at radius 1 is 0.962 bits per heavy atom. The Bertz CT molecular complexity index is 1680. The number of carbonyl (C=O) groups is 4. The third kappa shape index (κ3) is 11.7. The number of amides is 3. The maximum absolute atomic E-state index is 14.2. The van der Waals surface area contributed by atoms with Crippen LogP contribution in [0.25, 0.3) is 0 Å². The molecule has 0 saturated heterocycles. The number of phenolic OH excluding ortho intramolecular Hbond substituents is 1. The Hall–Kier alpha value is -4.12. The van der Waals surface area contributed by atoms with E-state index in [-0.39, 0.29) is 46.1 Å². The highest BCUT2D eigenvalue weighted by Crippen LogP contribution is 2.33. The molecule has 2 aromatic rings. The molecule has 1 heterocycles. The Morgan fingerprint density at radius 2 is 1.58 bits per heavy atom. The van der Waals surface area contributed by atoms with Crippen LogP contribution in [-0.2, 0) is 35.1 Å². The van der Waals surface area contributed by atoms with Crippen molar-refractivity contribution in [2.45, 2.75) is 91.6 Å². The molecular formula is C41H53Cl2N3O7. The molecule has 0 bridgehead atoms. The van der Waals surface area contributed by atoms with Crippen LogP contribution in [0.2, 0.25) is 10.0 Å². The van der Waals surface area contributed by atoms with Crippen molar-refractivity contribution < 1.29 is 33.8 Å². The van der Waals surface area contributed by atoms with Gasteiger partial charge in [-0.2, -0.15) is 0 Å². The molecule has 1 aliphatic rings. The van der Waals surface area contributed by atoms with Crippen LogP contribution in [0.15, 0.2) is 77.9 Å². The number of nitrogens with zero attached hydrogens (tertiary/aromatic N) is 1. The number of methoxy groups -OCH3 is 1. The number of nitrogens with one attached hydrogen (secondary N) is 2. The number of carbonyl (C=O) groups excluding carboxylic acids is 4. The lowest BCUT2D eigenvalue weighted by molar-refractivity contribution is -0.156. The maximum Gasteiger partial charge on any atom is 0.329 e. The molecular weight excluding hydrogens is 717 g/mol. The molecule has 6 atom stereocenters. The van der Waals surface area contributed by atoms with Gasteiger partial charge in [0.1, 0.15) is 24.2 Å². The first kappa shape index (κ1) is 43.3. The number of esters is 1. The second-order valence-electron chi connectivity index (χ2n) is 14.3. The van der Waals surface area contributed by atoms with Crippen molar-refractivity contribution in [3.05, 3.63) is 99.1 Å². The van der Waals surface area contributed by atoms with E-state index in [4.69, 9.17) is 32.7 Å². The number of hydrogen-bond donors (Lipinski definition) is 3. The number of benzene rings is 2. The number of phenols is 1. The molecule has 0 unspecified atom stereocenters. The van der Waals surface area contributed by atoms with Gasteiger partial charge in [-0.1, -0.05) is 112 Å². The molecule has 0 aliphatic carbocycles. The van der Waals surface area contributed by atoms with Gasteiger partial charge >= 0.3 is 5.97 Å². The Labute approximate surface area is 323 Å². The molecule has 10 nitrogen and oxygen atoms in total. The number of ether oxygens (including phenoxy) is 2. The lowest BCUT2D eigenvalue weighted by atomic mass is 9.95. The minimum atomic E-state index is -1.24. The summed E-state index contributed by atoms with van der Waals surface area (Å²) in [6.07, 6.45) is 6.86. The van der Waals surface area contributed by atoms with Crippen LogP contribution in [0.4, 0.5) is 0 Å². The molecule has 0 spiro atoms. The summed E-state index contributed by atoms with van der Waals surface area (Å²) in [4.78, 5) is 57.4. The fourth-order valence-corrected chi connectivity index (χ4v) is 6.80. The van der Waals surface area contributed by atoms with Gasteiger partial charge in [0.25, 0.3) is 0 Å². The zero-order valence-corrected chi connectivity index (χ0v) is 33.5. The van der Waals surface area contributed by atoms with E-state index in [0.29, 0.717) is 17.6 Å². The summed E-state index contributed by atoms with van der Waals surface area (Å²) in [6.45, 7) is 12.8. The topological polar surface area (TPSA) is 134 Å². The van der Waals surface area contributed by atoms with E-state index in [1.807, 2.05) is 62.4 Å². The monoisotopic (exact) mass is 769 g/mol. The predicted octanol–water partition coefficient (Wildman–Crippen LogP) is 7.14. The number of aromatic hydroxyl groups is 1. The first-order valence-electron chi connectivity index (χ1n) is 17.8. The molecule has 12 heteroatoms. The van der Waals surface area contributed by atoms with Gasteiger partial charge < -0.3 is 30.1 Å². The molecule has 53 heavy (non-hydrogen) atoms. The molecule has 1 aliphatic heterocycles. The zero-order chi connectivity index (χ0) is 39.6. The lowest BCUT2D eigenvalue weighted by Gasteiger charge is -2.32. The number of halogens is 2. The zero-order valence-electron chi connectivity index (χ0n) is 32.0. The number of hydrogen-bond acceptors (Lipinski definition) is 7. The largest absolute Gasteiger partial charge is 0.505 e. The number of rotatable bonds is 6. The third-order valence-electron chi connectivity index (χ3n) is 9.40. The second-order valence-corrected chi connectivity index (χ2v) is 15.1. The van der Waals surface area contributed by atoms with Crippen molar-refractivity contribution in [1.29, 1.82) is 0 Å². The molecule has 288 valence electrons. The molecule has 3 rings (SSSR count). The summed E-state index contributed by atoms with van der Waals surface area (Å²) >= 11 is 12.4. The van der Waals surface area contributed by atoms with Gasteiger partial charge in [-0.3, -0.25) is 14.4 Å². The molecule has 2 aromatic carbocycles. The molecule has 0 radical (unpaired) electrons. The predicted molar refractivity (Wildman–Crippen MR) is 208 cm³/mol. The average molecular weight is 771 g/mol. The normalized spacial score (nSPS) is 27.2. The molecule has 0 aromatic heterocycles. The first-order valence-corrected chi connectivity index (χ1v) is 18.6. The molecule has 0 fully saturated rings. The van der Waals surface area contributed by atoms with E-state index in [0.717, 1.165) is 11.1 Å². The fourth-order valence-electron chi connectivity index (χ4n) is 6.27. The minimum Gasteiger partial charge on any atom is -0.505 e. The van der Waals surface area contributed by atoms with Crippen LogP contribution in [0.3, 0.4) is 0 Å². The Morgan fingerprint density at radius 3 is 2.15 bits per heavy atom. The van der Waals surface area contributed by atoms with Crippen molar-refractivity contribution >= 4 is 46.9 Å². The van der Waals surface area contributed by atoms with Crippen molar-refractivity contribution in [3.63, 3.8) is 0 Å². The number of likely N-dealkylation sites (N-methyl/N-ethyl adjacent to an activating group) is 1. The van der Waals surface area contributed by atoms with Crippen LogP contribution >= 0.6 is 23.2 Å². The van der Waals surface area contributed by atoms with Gasteiger partial charge in [-0.25, -0.2) is 4.79 Å². The average Bonchev–Trinajstić information content (AvgIpc) is 3.10. The first-order chi connectivity index (χ1) is 25.0. The SMILES string of the molecule is CO[C@@H]1C/C=C(\C)C(=O)N(C)[C@@H](C(C)C)C(=O)N[C@H](Cc2cc(Cl)c(O)c(Cl)c2)C(=O)N[C@@H](C(C)C)C(=O)O[C@H](c2ccccc2)[C@H](C)/C=C/C=C\1C. The quantitative estimate of drug-likeness (QED) is 0.266. The summed E-state index contributed by atoms with van der Waals surface area (Å²) in [6, 6.07) is 8.97. The molecule has 3 amide bonds. The van der Waals surface area contributed by atoms with E-state index < -0.39 is 47.9 Å². The maximum atomic E-state index is 14.2. The van der Waals surface area contributed by atoms with Crippen LogP contribution < -0.4 is 10.6 Å². The van der Waals surface area contributed by atoms with Crippen molar-refractivity contribution in [2.75, 3.05) is 14.2 Å². The van der Waals surface area contributed by atoms with E-state index >= 15 is 0 Å². The van der Waals surface area contributed by atoms with Gasteiger partial charge in [0.15, 0.2) is 5.75 Å². The highest BCUT2D eigenvalue weighted by atomic mass is 35.5. The van der Waals surface area contributed by atoms with Crippen LogP contribution in [0, 0.1) is 17.8 Å². The van der Waals surface area contributed by atoms with Gasteiger partial charge in [0, 0.05) is 32.1 Å². The summed E-state index contributed by atoms with van der Waals surface area (Å²) in [5.74, 6) is -3.59. The van der Waals surface area contributed by atoms with E-state index in [2.05, 4.69) is 10.6 Å². The number of allylic oxidation sites excluding steroid dienone is 2. The lowest BCUT2D eigenvalue weighted by Crippen LogP contribution is -2.58. The summed E-state index contributed by atoms with van der Waals surface area (Å²) in [7, 11) is 3.15. The fraction of sp³-hybridized carbons (Fsp3) is 0.463. The van der Waals surface area contributed by atoms with Crippen molar-refractivity contribution in [1.82, 2.24) is 15.5 Å². The van der Waals surface area contributed by atoms with Crippen LogP contribution in [0.5, 0.6) is 5.75 Å². The standard InChI is InChI=1S/C41H53Cl2N3O7/c1-23(2)34-41(51)53-37(29-16-11-10-12-17-29)26(6)15-13-14-25(5)33(52-9)19-18-27(7)40(50)46(8)35(24(3)4)39(49)44-32(38(48)45-34)22-28-20-30(42)36(47)31(43)21-28/h10-18,20-21,23-24,26,32-35,37,47H,19,22H2,1-9H3,(H,44,49)(H,45,48)/b15-13+,25-14-,27-18+/t26-,32-,33-,34+,35+,37+/m1/s1. The molecule has 0 saturated carbocycles. The van der Waals surface area contributed by atoms with Gasteiger partial charge in [-0.05, 0) is 60.9 Å². The van der Waals surface area contributed by atoms with E-state index in [1.54, 1.807) is 54.9 Å². The van der Waals surface area contributed by atoms with Gasteiger partial charge in [0.2, 0.25) is 17.7 Å². The Balaban J connectivity index is 2.16. The summed E-state index contributed by atoms with van der Waals surface area (Å²) in [5.41, 5.74) is 2.57. The number of cyclic esters (lactones) is 1.